The second-order valence-corrected chi connectivity index (χ2v) is 6.67. The predicted octanol–water partition coefficient (Wildman–Crippen LogP) is 1.09. The lowest BCUT2D eigenvalue weighted by Crippen LogP contribution is -2.44. The minimum Gasteiger partial charge on any atom is -0.456 e. The summed E-state index contributed by atoms with van der Waals surface area (Å²) in [7, 11) is 0. The Morgan fingerprint density at radius 3 is 2.48 bits per heavy atom. The van der Waals surface area contributed by atoms with Crippen molar-refractivity contribution in [1.82, 2.24) is 15.5 Å². The monoisotopic (exact) mass is 353 g/mol. The Kier molecular flexibility index (Phi) is 6.39. The first-order chi connectivity index (χ1) is 11.9. The molecule has 8 nitrogen and oxygen atoms in total. The zero-order valence-electron chi connectivity index (χ0n) is 14.9. The fraction of sp³-hybridized carbons (Fsp3) is 0.765. The summed E-state index contributed by atoms with van der Waals surface area (Å²) in [6.45, 7) is 3.56. The van der Waals surface area contributed by atoms with Crippen molar-refractivity contribution in [1.29, 1.82) is 0 Å². The van der Waals surface area contributed by atoms with Gasteiger partial charge in [0.25, 0.3) is 11.8 Å². The molecule has 1 heterocycles. The summed E-state index contributed by atoms with van der Waals surface area (Å²) in [5.41, 5.74) is -0.768. The molecule has 0 aromatic carbocycles. The molecule has 2 fully saturated rings. The van der Waals surface area contributed by atoms with Crippen LogP contribution in [-0.2, 0) is 19.1 Å². The van der Waals surface area contributed by atoms with Crippen LogP contribution in [0.4, 0.5) is 4.79 Å². The van der Waals surface area contributed by atoms with Crippen LogP contribution in [-0.4, -0.2) is 53.4 Å². The molecule has 1 spiro atoms. The maximum atomic E-state index is 12.4. The van der Waals surface area contributed by atoms with Crippen molar-refractivity contribution in [2.45, 2.75) is 70.4 Å². The first-order valence-corrected chi connectivity index (χ1v) is 9.01. The largest absolute Gasteiger partial charge is 0.456 e. The van der Waals surface area contributed by atoms with E-state index < -0.39 is 17.5 Å². The maximum absolute atomic E-state index is 12.4. The normalized spacial score (nSPS) is 18.8. The Labute approximate surface area is 147 Å². The quantitative estimate of drug-likeness (QED) is 0.502. The highest BCUT2D eigenvalue weighted by atomic mass is 16.5. The molecule has 0 unspecified atom stereocenters. The molecule has 0 bridgehead atoms. The molecule has 2 N–H and O–H groups in total. The number of hydrogen-bond donors (Lipinski definition) is 2. The molecule has 0 radical (unpaired) electrons. The smallest absolute Gasteiger partial charge is 0.325 e. The number of nitrogens with zero attached hydrogens (tertiary/aromatic N) is 1. The Hall–Kier alpha value is -2.12. The molecular formula is C17H27N3O5. The van der Waals surface area contributed by atoms with Crippen LogP contribution < -0.4 is 10.6 Å². The highest BCUT2D eigenvalue weighted by Gasteiger charge is 2.52. The van der Waals surface area contributed by atoms with E-state index in [9.17, 15) is 19.2 Å². The SMILES string of the molecule is CCC(CC)NC(=O)COC(=O)CCN1C(=O)NC2(CCCC2)C1=O. The molecule has 0 aromatic heterocycles. The number of ether oxygens (including phenoxy) is 1. The maximum Gasteiger partial charge on any atom is 0.325 e. The van der Waals surface area contributed by atoms with Crippen molar-refractivity contribution >= 4 is 23.8 Å². The van der Waals surface area contributed by atoms with Gasteiger partial charge in [-0.05, 0) is 25.7 Å². The van der Waals surface area contributed by atoms with Gasteiger partial charge in [0.05, 0.1) is 6.42 Å². The van der Waals surface area contributed by atoms with E-state index in [0.717, 1.165) is 30.6 Å². The van der Waals surface area contributed by atoms with Crippen molar-refractivity contribution in [3.05, 3.63) is 0 Å². The van der Waals surface area contributed by atoms with Gasteiger partial charge in [-0.2, -0.15) is 0 Å². The zero-order chi connectivity index (χ0) is 18.4. The van der Waals surface area contributed by atoms with E-state index in [1.165, 1.54) is 0 Å². The van der Waals surface area contributed by atoms with Gasteiger partial charge in [-0.15, -0.1) is 0 Å². The predicted molar refractivity (Wildman–Crippen MR) is 89.5 cm³/mol. The third-order valence-electron chi connectivity index (χ3n) is 4.96. The van der Waals surface area contributed by atoms with E-state index in [1.54, 1.807) is 0 Å². The van der Waals surface area contributed by atoms with E-state index >= 15 is 0 Å². The Balaban J connectivity index is 1.74. The second-order valence-electron chi connectivity index (χ2n) is 6.67. The molecule has 140 valence electrons. The Morgan fingerprint density at radius 2 is 1.88 bits per heavy atom. The van der Waals surface area contributed by atoms with Gasteiger partial charge >= 0.3 is 12.0 Å². The van der Waals surface area contributed by atoms with Gasteiger partial charge < -0.3 is 15.4 Å². The highest BCUT2D eigenvalue weighted by Crippen LogP contribution is 2.34. The molecule has 1 saturated heterocycles. The first kappa shape index (κ1) is 19.2. The Morgan fingerprint density at radius 1 is 1.24 bits per heavy atom. The van der Waals surface area contributed by atoms with E-state index in [-0.39, 0.29) is 37.4 Å². The van der Waals surface area contributed by atoms with Gasteiger partial charge in [-0.3, -0.25) is 19.3 Å². The minimum atomic E-state index is -0.768. The van der Waals surface area contributed by atoms with Crippen LogP contribution in [0.5, 0.6) is 0 Å². The number of urea groups is 1. The number of esters is 1. The summed E-state index contributed by atoms with van der Waals surface area (Å²) in [5, 5.41) is 5.53. The molecule has 0 atom stereocenters. The molecule has 1 aliphatic heterocycles. The molecule has 0 aromatic rings. The number of amides is 4. The molecule has 4 amide bonds. The molecule has 8 heteroatoms. The van der Waals surface area contributed by atoms with Crippen molar-refractivity contribution < 1.29 is 23.9 Å². The average molecular weight is 353 g/mol. The number of rotatable bonds is 8. The number of imide groups is 1. The van der Waals surface area contributed by atoms with E-state index in [4.69, 9.17) is 4.74 Å². The number of nitrogens with one attached hydrogen (secondary N) is 2. The van der Waals surface area contributed by atoms with Crippen LogP contribution >= 0.6 is 0 Å². The number of hydrogen-bond acceptors (Lipinski definition) is 5. The lowest BCUT2D eigenvalue weighted by Gasteiger charge is -2.19. The number of carbonyl (C=O) groups is 4. The first-order valence-electron chi connectivity index (χ1n) is 9.01. The van der Waals surface area contributed by atoms with Crippen LogP contribution in [0.25, 0.3) is 0 Å². The van der Waals surface area contributed by atoms with Crippen LogP contribution in [0.3, 0.4) is 0 Å². The molecule has 2 rings (SSSR count). The fourth-order valence-electron chi connectivity index (χ4n) is 3.38. The summed E-state index contributed by atoms with van der Waals surface area (Å²) in [5.74, 6) is -1.20. The fourth-order valence-corrected chi connectivity index (χ4v) is 3.38. The van der Waals surface area contributed by atoms with Gasteiger partial charge in [0.15, 0.2) is 6.61 Å². The summed E-state index contributed by atoms with van der Waals surface area (Å²) < 4.78 is 4.92. The summed E-state index contributed by atoms with van der Waals surface area (Å²) in [4.78, 5) is 49.0. The minimum absolute atomic E-state index is 0.0284. The van der Waals surface area contributed by atoms with Crippen molar-refractivity contribution in [2.75, 3.05) is 13.2 Å². The lowest BCUT2D eigenvalue weighted by atomic mass is 9.98. The van der Waals surface area contributed by atoms with Gasteiger partial charge in [0, 0.05) is 12.6 Å². The molecule has 1 aliphatic carbocycles. The number of carbonyl (C=O) groups excluding carboxylic acids is 4. The molecule has 25 heavy (non-hydrogen) atoms. The Bertz CT molecular complexity index is 538. The topological polar surface area (TPSA) is 105 Å². The van der Waals surface area contributed by atoms with E-state index in [2.05, 4.69) is 10.6 Å². The van der Waals surface area contributed by atoms with Crippen LogP contribution in [0.15, 0.2) is 0 Å². The van der Waals surface area contributed by atoms with Gasteiger partial charge in [0.1, 0.15) is 5.54 Å². The van der Waals surface area contributed by atoms with Gasteiger partial charge in [-0.25, -0.2) is 4.79 Å². The highest BCUT2D eigenvalue weighted by molar-refractivity contribution is 6.07. The van der Waals surface area contributed by atoms with E-state index in [1.807, 2.05) is 13.8 Å². The van der Waals surface area contributed by atoms with Gasteiger partial charge in [0.2, 0.25) is 0 Å². The lowest BCUT2D eigenvalue weighted by molar-refractivity contribution is -0.149. The van der Waals surface area contributed by atoms with Crippen LogP contribution in [0.1, 0.15) is 58.8 Å². The van der Waals surface area contributed by atoms with Crippen molar-refractivity contribution in [3.63, 3.8) is 0 Å². The van der Waals surface area contributed by atoms with Crippen molar-refractivity contribution in [2.24, 2.45) is 0 Å². The van der Waals surface area contributed by atoms with Crippen LogP contribution in [0.2, 0.25) is 0 Å². The molecule has 1 saturated carbocycles. The van der Waals surface area contributed by atoms with E-state index in [0.29, 0.717) is 12.8 Å². The third-order valence-corrected chi connectivity index (χ3v) is 4.96. The standard InChI is InChI=1S/C17H27N3O5/c1-3-12(4-2)18-13(21)11-25-14(22)7-10-20-15(23)17(19-16(20)24)8-5-6-9-17/h12H,3-11H2,1-2H3,(H,18,21)(H,19,24). The molecule has 2 aliphatic rings. The summed E-state index contributed by atoms with van der Waals surface area (Å²) in [6.07, 6.45) is 4.62. The van der Waals surface area contributed by atoms with Crippen LogP contribution in [0, 0.1) is 0 Å². The second kappa shape index (κ2) is 8.31. The third kappa shape index (κ3) is 4.49. The van der Waals surface area contributed by atoms with Crippen molar-refractivity contribution in [3.8, 4) is 0 Å². The molecular weight excluding hydrogens is 326 g/mol. The average Bonchev–Trinajstić information content (AvgIpc) is 3.15. The zero-order valence-corrected chi connectivity index (χ0v) is 14.9. The summed E-state index contributed by atoms with van der Waals surface area (Å²) in [6, 6.07) is -0.383. The summed E-state index contributed by atoms with van der Waals surface area (Å²) >= 11 is 0. The van der Waals surface area contributed by atoms with Gasteiger partial charge in [-0.1, -0.05) is 26.7 Å².